The van der Waals surface area contributed by atoms with Gasteiger partial charge in [0.05, 0.1) is 14.2 Å². The predicted octanol–water partition coefficient (Wildman–Crippen LogP) is 2.84. The van der Waals surface area contributed by atoms with Crippen LogP contribution in [0, 0.1) is 0 Å². The molecular formula is C18H21NO3. The minimum absolute atomic E-state index is 0.203. The van der Waals surface area contributed by atoms with Crippen molar-refractivity contribution in [3.8, 4) is 17.2 Å². The molecule has 0 bridgehead atoms. The summed E-state index contributed by atoms with van der Waals surface area (Å²) < 4.78 is 10.4. The Hall–Kier alpha value is -2.20. The molecule has 1 aliphatic rings. The average molecular weight is 299 g/mol. The van der Waals surface area contributed by atoms with Gasteiger partial charge in [-0.05, 0) is 48.7 Å². The van der Waals surface area contributed by atoms with E-state index in [4.69, 9.17) is 9.47 Å². The van der Waals surface area contributed by atoms with E-state index in [2.05, 4.69) is 17.4 Å². The van der Waals surface area contributed by atoms with Crippen LogP contribution in [0.3, 0.4) is 0 Å². The molecule has 4 heteroatoms. The van der Waals surface area contributed by atoms with E-state index in [1.807, 2.05) is 24.3 Å². The Morgan fingerprint density at radius 1 is 1.09 bits per heavy atom. The number of ether oxygens (including phenoxy) is 2. The molecule has 0 saturated carbocycles. The third-order valence-corrected chi connectivity index (χ3v) is 4.24. The lowest BCUT2D eigenvalue weighted by molar-refractivity contribution is 0.365. The van der Waals surface area contributed by atoms with Gasteiger partial charge in [-0.2, -0.15) is 0 Å². The van der Waals surface area contributed by atoms with Gasteiger partial charge in [-0.25, -0.2) is 0 Å². The molecule has 2 aromatic carbocycles. The zero-order valence-electron chi connectivity index (χ0n) is 12.9. The van der Waals surface area contributed by atoms with Crippen molar-refractivity contribution in [1.82, 2.24) is 5.32 Å². The van der Waals surface area contributed by atoms with Crippen molar-refractivity contribution in [2.75, 3.05) is 20.8 Å². The molecule has 0 fully saturated rings. The number of rotatable bonds is 4. The third-order valence-electron chi connectivity index (χ3n) is 4.24. The smallest absolute Gasteiger partial charge is 0.161 e. The summed E-state index contributed by atoms with van der Waals surface area (Å²) in [5, 5.41) is 13.9. The van der Waals surface area contributed by atoms with Crippen LogP contribution in [0.2, 0.25) is 0 Å². The number of aromatic hydroxyl groups is 1. The lowest BCUT2D eigenvalue weighted by Crippen LogP contribution is -2.31. The molecule has 0 amide bonds. The summed E-state index contributed by atoms with van der Waals surface area (Å²) in [6.07, 6.45) is 1.69. The molecular weight excluding hydrogens is 278 g/mol. The summed E-state index contributed by atoms with van der Waals surface area (Å²) >= 11 is 0. The molecule has 0 spiro atoms. The van der Waals surface area contributed by atoms with Crippen LogP contribution in [0.25, 0.3) is 0 Å². The number of benzene rings is 2. The van der Waals surface area contributed by atoms with Crippen molar-refractivity contribution in [2.45, 2.75) is 18.9 Å². The minimum atomic E-state index is 0.203. The van der Waals surface area contributed by atoms with Gasteiger partial charge < -0.3 is 19.9 Å². The maximum atomic E-state index is 10.3. The van der Waals surface area contributed by atoms with E-state index in [0.717, 1.165) is 36.3 Å². The van der Waals surface area contributed by atoms with Gasteiger partial charge in [0, 0.05) is 11.6 Å². The van der Waals surface area contributed by atoms with Crippen LogP contribution in [0.1, 0.15) is 22.7 Å². The molecule has 22 heavy (non-hydrogen) atoms. The fraction of sp³-hybridized carbons (Fsp3) is 0.333. The van der Waals surface area contributed by atoms with Crippen molar-refractivity contribution in [1.29, 1.82) is 0 Å². The topological polar surface area (TPSA) is 50.7 Å². The Morgan fingerprint density at radius 3 is 2.55 bits per heavy atom. The van der Waals surface area contributed by atoms with Crippen molar-refractivity contribution < 1.29 is 14.6 Å². The van der Waals surface area contributed by atoms with E-state index < -0.39 is 0 Å². The second kappa shape index (κ2) is 6.28. The molecule has 2 N–H and O–H groups in total. The Morgan fingerprint density at radius 2 is 1.86 bits per heavy atom. The molecule has 1 unspecified atom stereocenters. The van der Waals surface area contributed by atoms with Gasteiger partial charge in [-0.3, -0.25) is 0 Å². The van der Waals surface area contributed by atoms with Gasteiger partial charge in [-0.15, -0.1) is 0 Å². The van der Waals surface area contributed by atoms with Crippen molar-refractivity contribution in [3.63, 3.8) is 0 Å². The lowest BCUT2D eigenvalue weighted by atomic mass is 9.89. The highest BCUT2D eigenvalue weighted by molar-refractivity contribution is 5.52. The van der Waals surface area contributed by atoms with E-state index in [1.165, 1.54) is 5.56 Å². The van der Waals surface area contributed by atoms with E-state index >= 15 is 0 Å². The number of hydrogen-bond donors (Lipinski definition) is 2. The molecule has 116 valence electrons. The summed E-state index contributed by atoms with van der Waals surface area (Å²) in [5.74, 6) is 1.69. The van der Waals surface area contributed by atoms with Crippen LogP contribution in [-0.2, 0) is 12.8 Å². The standard InChI is InChI=1S/C18H21NO3/c1-21-13-5-3-12(4-6-13)11-16-14-7-8-17(22-2)18(20)15(14)9-10-19-16/h3-8,16,19-20H,9-11H2,1-2H3. The normalized spacial score (nSPS) is 16.9. The fourth-order valence-corrected chi connectivity index (χ4v) is 3.05. The van der Waals surface area contributed by atoms with Gasteiger partial charge >= 0.3 is 0 Å². The average Bonchev–Trinajstić information content (AvgIpc) is 2.56. The van der Waals surface area contributed by atoms with E-state index in [1.54, 1.807) is 14.2 Å². The summed E-state index contributed by atoms with van der Waals surface area (Å²) in [6.45, 7) is 0.856. The van der Waals surface area contributed by atoms with E-state index in [0.29, 0.717) is 5.75 Å². The summed E-state index contributed by atoms with van der Waals surface area (Å²) in [4.78, 5) is 0. The molecule has 1 atom stereocenters. The van der Waals surface area contributed by atoms with Crippen LogP contribution >= 0.6 is 0 Å². The molecule has 1 aliphatic heterocycles. The zero-order chi connectivity index (χ0) is 15.5. The number of methoxy groups -OCH3 is 2. The van der Waals surface area contributed by atoms with E-state index in [9.17, 15) is 5.11 Å². The first-order chi connectivity index (χ1) is 10.7. The largest absolute Gasteiger partial charge is 0.504 e. The first kappa shape index (κ1) is 14.7. The quantitative estimate of drug-likeness (QED) is 0.911. The molecule has 1 heterocycles. The van der Waals surface area contributed by atoms with Gasteiger partial charge in [0.25, 0.3) is 0 Å². The zero-order valence-corrected chi connectivity index (χ0v) is 12.9. The fourth-order valence-electron chi connectivity index (χ4n) is 3.05. The highest BCUT2D eigenvalue weighted by atomic mass is 16.5. The van der Waals surface area contributed by atoms with Crippen LogP contribution in [0.4, 0.5) is 0 Å². The Balaban J connectivity index is 1.86. The molecule has 0 aliphatic carbocycles. The first-order valence-corrected chi connectivity index (χ1v) is 7.48. The minimum Gasteiger partial charge on any atom is -0.504 e. The molecule has 0 aromatic heterocycles. The Labute approximate surface area is 130 Å². The lowest BCUT2D eigenvalue weighted by Gasteiger charge is -2.28. The number of hydrogen-bond acceptors (Lipinski definition) is 4. The summed E-state index contributed by atoms with van der Waals surface area (Å²) in [6, 6.07) is 12.2. The maximum Gasteiger partial charge on any atom is 0.161 e. The first-order valence-electron chi connectivity index (χ1n) is 7.48. The highest BCUT2D eigenvalue weighted by Gasteiger charge is 2.24. The Kier molecular flexibility index (Phi) is 4.20. The van der Waals surface area contributed by atoms with Crippen molar-refractivity contribution >= 4 is 0 Å². The highest BCUT2D eigenvalue weighted by Crippen LogP contribution is 2.37. The SMILES string of the molecule is COc1ccc(CC2NCCc3c2ccc(OC)c3O)cc1. The summed E-state index contributed by atoms with van der Waals surface area (Å²) in [5.41, 5.74) is 3.39. The molecule has 3 rings (SSSR count). The number of fused-ring (bicyclic) bond motifs is 1. The van der Waals surface area contributed by atoms with Gasteiger partial charge in [0.15, 0.2) is 11.5 Å². The van der Waals surface area contributed by atoms with Crippen LogP contribution < -0.4 is 14.8 Å². The van der Waals surface area contributed by atoms with Gasteiger partial charge in [0.2, 0.25) is 0 Å². The van der Waals surface area contributed by atoms with Gasteiger partial charge in [-0.1, -0.05) is 18.2 Å². The number of phenols is 1. The van der Waals surface area contributed by atoms with Crippen LogP contribution in [0.15, 0.2) is 36.4 Å². The Bertz CT molecular complexity index is 652. The monoisotopic (exact) mass is 299 g/mol. The van der Waals surface area contributed by atoms with Gasteiger partial charge in [0.1, 0.15) is 5.75 Å². The maximum absolute atomic E-state index is 10.3. The number of nitrogens with one attached hydrogen (secondary N) is 1. The summed E-state index contributed by atoms with van der Waals surface area (Å²) in [7, 11) is 3.25. The second-order valence-corrected chi connectivity index (χ2v) is 5.49. The molecule has 2 aromatic rings. The second-order valence-electron chi connectivity index (χ2n) is 5.49. The predicted molar refractivity (Wildman–Crippen MR) is 85.8 cm³/mol. The van der Waals surface area contributed by atoms with Crippen LogP contribution in [0.5, 0.6) is 17.2 Å². The molecule has 0 radical (unpaired) electrons. The number of phenolic OH excluding ortho intramolecular Hbond substituents is 1. The molecule has 0 saturated heterocycles. The third kappa shape index (κ3) is 2.74. The van der Waals surface area contributed by atoms with Crippen molar-refractivity contribution in [3.05, 3.63) is 53.1 Å². The van der Waals surface area contributed by atoms with Crippen molar-refractivity contribution in [2.24, 2.45) is 0 Å². The van der Waals surface area contributed by atoms with Crippen LogP contribution in [-0.4, -0.2) is 25.9 Å². The van der Waals surface area contributed by atoms with E-state index in [-0.39, 0.29) is 11.8 Å². The molecule has 4 nitrogen and oxygen atoms in total.